The minimum Gasteiger partial charge on any atom is -0.0630 e. The molecule has 3 aliphatic carbocycles. The molecule has 0 amide bonds. The van der Waals surface area contributed by atoms with E-state index in [0.29, 0.717) is 10.8 Å². The molecule has 0 saturated heterocycles. The van der Waals surface area contributed by atoms with Crippen LogP contribution in [-0.4, -0.2) is 0 Å². The smallest absolute Gasteiger partial charge is 0.0411 e. The fourth-order valence-electron chi connectivity index (χ4n) is 1.13. The summed E-state index contributed by atoms with van der Waals surface area (Å²) in [5, 5.41) is 0. The lowest BCUT2D eigenvalue weighted by molar-refractivity contribution is 0.469. The summed E-state index contributed by atoms with van der Waals surface area (Å²) in [7, 11) is 0. The van der Waals surface area contributed by atoms with Crippen molar-refractivity contribution in [2.24, 2.45) is 16.7 Å². The van der Waals surface area contributed by atoms with E-state index in [4.69, 9.17) is 0 Å². The Morgan fingerprint density at radius 1 is 0.346 bits per heavy atom. The van der Waals surface area contributed by atoms with Gasteiger partial charge in [-0.2, -0.15) is 0 Å². The molecular weight excluding hydrogens is 312 g/mol. The van der Waals surface area contributed by atoms with Crippen LogP contribution < -0.4 is 0 Å². The molecule has 0 aromatic heterocycles. The summed E-state index contributed by atoms with van der Waals surface area (Å²) in [6.45, 7) is 24.0. The van der Waals surface area contributed by atoms with Gasteiger partial charge >= 0.3 is 0 Å². The maximum atomic E-state index is 2.19. The van der Waals surface area contributed by atoms with Crippen LogP contribution in [0.3, 0.4) is 0 Å². The van der Waals surface area contributed by atoms with Crippen LogP contribution in [0.15, 0.2) is 0 Å². The van der Waals surface area contributed by atoms with Crippen LogP contribution in [0.2, 0.25) is 0 Å². The Bertz CT molecular complexity index is 185. The molecule has 0 bridgehead atoms. The molecule has 0 unspecified atom stereocenters. The molecule has 0 aliphatic heterocycles. The zero-order valence-electron chi connectivity index (χ0n) is 21.1. The second-order valence-electron chi connectivity index (χ2n) is 12.0. The van der Waals surface area contributed by atoms with E-state index in [1.165, 1.54) is 77.0 Å². The summed E-state index contributed by atoms with van der Waals surface area (Å²) in [5.74, 6) is 0.833. The summed E-state index contributed by atoms with van der Waals surface area (Å²) in [5.41, 5.74) is 1.00. The predicted molar refractivity (Wildman–Crippen MR) is 126 cm³/mol. The lowest BCUT2D eigenvalue weighted by atomic mass is 10.0. The summed E-state index contributed by atoms with van der Waals surface area (Å²) < 4.78 is 0. The van der Waals surface area contributed by atoms with Crippen molar-refractivity contribution in [3.63, 3.8) is 0 Å². The van der Waals surface area contributed by atoms with Gasteiger partial charge in [-0.15, -0.1) is 0 Å². The predicted octanol–water partition coefficient (Wildman–Crippen LogP) is 10.4. The second kappa shape index (κ2) is 19.8. The Hall–Kier alpha value is 0. The van der Waals surface area contributed by atoms with Gasteiger partial charge in [-0.05, 0) is 16.7 Å². The topological polar surface area (TPSA) is 0 Å². The van der Waals surface area contributed by atoms with Crippen LogP contribution in [0, 0.1) is 16.7 Å². The number of hydrogen-bond acceptors (Lipinski definition) is 0. The Morgan fingerprint density at radius 2 is 0.385 bits per heavy atom. The molecule has 0 spiro atoms. The summed E-state index contributed by atoms with van der Waals surface area (Å²) in [4.78, 5) is 0. The van der Waals surface area contributed by atoms with Crippen molar-refractivity contribution in [2.45, 2.75) is 153 Å². The highest BCUT2D eigenvalue weighted by molar-refractivity contribution is 4.51. The first-order valence-corrected chi connectivity index (χ1v) is 11.7. The summed E-state index contributed by atoms with van der Waals surface area (Å²) >= 11 is 0. The first-order valence-electron chi connectivity index (χ1n) is 11.7. The standard InChI is InChI=1S/C5H10.2C5H12.C4H8.C4H10.C3H6/c1-2-4-5-3-1;2*1-5(2,3)4;1-2-4-3-1;1-4(2)3;1-2-3-1/h1-5H2;2*1-4H3;1-4H2;4H,1-3H3;1-3H2. The molecule has 26 heavy (non-hydrogen) atoms. The highest BCUT2D eigenvalue weighted by atomic mass is 14.0. The van der Waals surface area contributed by atoms with Gasteiger partial charge in [0.2, 0.25) is 0 Å². The van der Waals surface area contributed by atoms with Crippen LogP contribution >= 0.6 is 0 Å². The van der Waals surface area contributed by atoms with Crippen LogP contribution in [-0.2, 0) is 0 Å². The Labute approximate surface area is 170 Å². The van der Waals surface area contributed by atoms with Gasteiger partial charge in [-0.1, -0.05) is 153 Å². The van der Waals surface area contributed by atoms with Crippen molar-refractivity contribution in [1.82, 2.24) is 0 Å². The van der Waals surface area contributed by atoms with Gasteiger partial charge in [-0.25, -0.2) is 0 Å². The van der Waals surface area contributed by atoms with Crippen LogP contribution in [0.1, 0.15) is 153 Å². The second-order valence-corrected chi connectivity index (χ2v) is 12.0. The monoisotopic (exact) mass is 370 g/mol. The van der Waals surface area contributed by atoms with Gasteiger partial charge in [-0.3, -0.25) is 0 Å². The third kappa shape index (κ3) is 127. The van der Waals surface area contributed by atoms with E-state index in [1.54, 1.807) is 0 Å². The first-order chi connectivity index (χ1) is 11.7. The average molecular weight is 371 g/mol. The normalized spacial score (nSPS) is 17.1. The van der Waals surface area contributed by atoms with Gasteiger partial charge in [0, 0.05) is 0 Å². The Balaban J connectivity index is -0.000000246. The molecule has 0 aromatic rings. The summed E-state index contributed by atoms with van der Waals surface area (Å²) in [6, 6.07) is 0. The molecule has 3 saturated carbocycles. The van der Waals surface area contributed by atoms with E-state index < -0.39 is 0 Å². The van der Waals surface area contributed by atoms with Gasteiger partial charge in [0.05, 0.1) is 0 Å². The van der Waals surface area contributed by atoms with Gasteiger partial charge in [0.15, 0.2) is 0 Å². The average Bonchev–Trinajstić information content (AvgIpc) is 3.04. The van der Waals surface area contributed by atoms with Crippen molar-refractivity contribution < 1.29 is 0 Å². The lowest BCUT2D eigenvalue weighted by Gasteiger charge is -2.05. The highest BCUT2D eigenvalue weighted by Crippen LogP contribution is 2.15. The molecule has 162 valence electrons. The van der Waals surface area contributed by atoms with Crippen molar-refractivity contribution >= 4 is 0 Å². The molecule has 0 N–H and O–H groups in total. The maximum Gasteiger partial charge on any atom is -0.0411 e. The van der Waals surface area contributed by atoms with Crippen LogP contribution in [0.4, 0.5) is 0 Å². The van der Waals surface area contributed by atoms with Crippen molar-refractivity contribution in [2.75, 3.05) is 0 Å². The van der Waals surface area contributed by atoms with Crippen LogP contribution in [0.5, 0.6) is 0 Å². The third-order valence-electron chi connectivity index (χ3n) is 2.60. The van der Waals surface area contributed by atoms with Gasteiger partial charge < -0.3 is 0 Å². The van der Waals surface area contributed by atoms with E-state index >= 15 is 0 Å². The van der Waals surface area contributed by atoms with Crippen LogP contribution in [0.25, 0.3) is 0 Å². The summed E-state index contributed by atoms with van der Waals surface area (Å²) in [6.07, 6.45) is 18.0. The SMILES string of the molecule is C1CC1.C1CCC1.C1CCCC1.CC(C)(C)C.CC(C)(C)C.CC(C)C. The third-order valence-corrected chi connectivity index (χ3v) is 2.60. The quantitative estimate of drug-likeness (QED) is 0.397. The van der Waals surface area contributed by atoms with E-state index in [9.17, 15) is 0 Å². The van der Waals surface area contributed by atoms with E-state index in [2.05, 4.69) is 76.2 Å². The lowest BCUT2D eigenvalue weighted by Crippen LogP contribution is -1.93. The van der Waals surface area contributed by atoms with Crippen molar-refractivity contribution in [3.8, 4) is 0 Å². The first kappa shape index (κ1) is 30.7. The molecular formula is C26H58. The fraction of sp³-hybridized carbons (Fsp3) is 1.00. The van der Waals surface area contributed by atoms with Gasteiger partial charge in [0.1, 0.15) is 0 Å². The molecule has 0 atom stereocenters. The minimum atomic E-state index is 0.500. The molecule has 0 radical (unpaired) electrons. The Morgan fingerprint density at radius 3 is 0.423 bits per heavy atom. The minimum absolute atomic E-state index is 0.500. The van der Waals surface area contributed by atoms with Crippen molar-refractivity contribution in [1.29, 1.82) is 0 Å². The number of hydrogen-bond donors (Lipinski definition) is 0. The molecule has 3 fully saturated rings. The molecule has 0 heteroatoms. The molecule has 3 rings (SSSR count). The highest BCUT2D eigenvalue weighted by Gasteiger charge is 1.97. The Kier molecular flexibility index (Phi) is 23.3. The van der Waals surface area contributed by atoms with E-state index in [1.807, 2.05) is 0 Å². The largest absolute Gasteiger partial charge is 0.0630 e. The van der Waals surface area contributed by atoms with Crippen molar-refractivity contribution in [3.05, 3.63) is 0 Å². The fourth-order valence-corrected chi connectivity index (χ4v) is 1.13. The van der Waals surface area contributed by atoms with Gasteiger partial charge in [0.25, 0.3) is 0 Å². The molecule has 3 aliphatic rings. The number of rotatable bonds is 0. The molecule has 0 aromatic carbocycles. The zero-order valence-corrected chi connectivity index (χ0v) is 21.1. The molecule has 0 nitrogen and oxygen atoms in total. The van der Waals surface area contributed by atoms with E-state index in [-0.39, 0.29) is 0 Å². The maximum absolute atomic E-state index is 2.19. The van der Waals surface area contributed by atoms with E-state index in [0.717, 1.165) is 5.92 Å². The molecule has 0 heterocycles. The zero-order chi connectivity index (χ0) is 21.1.